The van der Waals surface area contributed by atoms with Crippen LogP contribution in [0.5, 0.6) is 11.5 Å². The van der Waals surface area contributed by atoms with Gasteiger partial charge in [0.1, 0.15) is 22.1 Å². The van der Waals surface area contributed by atoms with Crippen LogP contribution in [0.25, 0.3) is 15.8 Å². The molecule has 0 unspecified atom stereocenters. The van der Waals surface area contributed by atoms with Crippen LogP contribution >= 0.6 is 11.3 Å². The number of hydrogen-bond donors (Lipinski definition) is 1. The summed E-state index contributed by atoms with van der Waals surface area (Å²) in [5.74, 6) is 2.03. The summed E-state index contributed by atoms with van der Waals surface area (Å²) in [6.07, 6.45) is 0. The number of aromatic hydroxyl groups is 1. The summed E-state index contributed by atoms with van der Waals surface area (Å²) in [5, 5.41) is 10.8. The maximum atomic E-state index is 9.87. The van der Waals surface area contributed by atoms with E-state index in [1.807, 2.05) is 13.0 Å². The predicted octanol–water partition coefficient (Wildman–Crippen LogP) is 5.82. The quantitative estimate of drug-likeness (QED) is 0.761. The molecule has 0 radical (unpaired) electrons. The highest BCUT2D eigenvalue weighted by Crippen LogP contribution is 2.54. The number of phenols is 1. The van der Waals surface area contributed by atoms with Crippen molar-refractivity contribution in [2.24, 2.45) is 10.8 Å². The average molecular weight is 346 g/mol. The summed E-state index contributed by atoms with van der Waals surface area (Å²) in [6, 6.07) is 5.44. The van der Waals surface area contributed by atoms with Crippen molar-refractivity contribution in [3.63, 3.8) is 0 Å². The SMILES string of the molecule is CCOc1c(C2=C(C(C)(C)C)C(C)(C)CO2)sc2ccc(O)cc12. The number of phenolic OH excluding ortho intramolecular Hbond substituents is 1. The van der Waals surface area contributed by atoms with E-state index in [0.717, 1.165) is 26.5 Å². The summed E-state index contributed by atoms with van der Waals surface area (Å²) >= 11 is 1.67. The van der Waals surface area contributed by atoms with Gasteiger partial charge in [0.05, 0.1) is 13.2 Å². The molecule has 3 rings (SSSR count). The second-order valence-electron chi connectivity index (χ2n) is 8.00. The molecule has 2 heterocycles. The number of rotatable bonds is 3. The lowest BCUT2D eigenvalue weighted by Crippen LogP contribution is -2.24. The van der Waals surface area contributed by atoms with Crippen LogP contribution in [0.1, 0.15) is 46.4 Å². The van der Waals surface area contributed by atoms with Crippen molar-refractivity contribution in [2.45, 2.75) is 41.5 Å². The maximum Gasteiger partial charge on any atom is 0.149 e. The van der Waals surface area contributed by atoms with Gasteiger partial charge in [-0.2, -0.15) is 0 Å². The molecule has 1 aromatic carbocycles. The Morgan fingerprint density at radius 2 is 2.00 bits per heavy atom. The molecule has 0 spiro atoms. The van der Waals surface area contributed by atoms with Crippen molar-refractivity contribution in [1.29, 1.82) is 0 Å². The van der Waals surface area contributed by atoms with Gasteiger partial charge in [0.2, 0.25) is 0 Å². The number of fused-ring (bicyclic) bond motifs is 1. The summed E-state index contributed by atoms with van der Waals surface area (Å²) in [4.78, 5) is 1.04. The van der Waals surface area contributed by atoms with Crippen molar-refractivity contribution in [1.82, 2.24) is 0 Å². The van der Waals surface area contributed by atoms with E-state index >= 15 is 0 Å². The lowest BCUT2D eigenvalue weighted by atomic mass is 9.71. The van der Waals surface area contributed by atoms with Crippen LogP contribution in [0.3, 0.4) is 0 Å². The molecule has 0 saturated heterocycles. The molecule has 1 N–H and O–H groups in total. The van der Waals surface area contributed by atoms with Crippen molar-refractivity contribution in [2.75, 3.05) is 13.2 Å². The van der Waals surface area contributed by atoms with Crippen LogP contribution in [-0.2, 0) is 4.74 Å². The van der Waals surface area contributed by atoms with Gasteiger partial charge in [-0.15, -0.1) is 11.3 Å². The van der Waals surface area contributed by atoms with Crippen LogP contribution in [0, 0.1) is 10.8 Å². The fourth-order valence-corrected chi connectivity index (χ4v) is 4.87. The van der Waals surface area contributed by atoms with E-state index in [-0.39, 0.29) is 16.6 Å². The van der Waals surface area contributed by atoms with Gasteiger partial charge in [0.15, 0.2) is 0 Å². The lowest BCUT2D eigenvalue weighted by Gasteiger charge is -2.30. The van der Waals surface area contributed by atoms with Crippen LogP contribution in [-0.4, -0.2) is 18.3 Å². The Morgan fingerprint density at radius 3 is 2.62 bits per heavy atom. The second-order valence-corrected chi connectivity index (χ2v) is 9.05. The fourth-order valence-electron chi connectivity index (χ4n) is 3.74. The van der Waals surface area contributed by atoms with Gasteiger partial charge in [-0.3, -0.25) is 0 Å². The van der Waals surface area contributed by atoms with Gasteiger partial charge in [-0.05, 0) is 36.1 Å². The Balaban J connectivity index is 2.30. The van der Waals surface area contributed by atoms with Gasteiger partial charge in [-0.25, -0.2) is 0 Å². The van der Waals surface area contributed by atoms with Crippen LogP contribution in [0.4, 0.5) is 0 Å². The van der Waals surface area contributed by atoms with Crippen LogP contribution < -0.4 is 4.74 Å². The minimum Gasteiger partial charge on any atom is -0.508 e. The zero-order valence-electron chi connectivity index (χ0n) is 15.3. The molecule has 0 amide bonds. The molecule has 1 aliphatic heterocycles. The number of hydrogen-bond acceptors (Lipinski definition) is 4. The molecular weight excluding hydrogens is 320 g/mol. The highest BCUT2D eigenvalue weighted by molar-refractivity contribution is 7.20. The maximum absolute atomic E-state index is 9.87. The molecule has 0 saturated carbocycles. The molecular formula is C20H26O3S. The second kappa shape index (κ2) is 5.69. The minimum atomic E-state index is -0.00458. The normalized spacial score (nSPS) is 17.4. The van der Waals surface area contributed by atoms with E-state index < -0.39 is 0 Å². The van der Waals surface area contributed by atoms with E-state index in [4.69, 9.17) is 9.47 Å². The first-order valence-corrected chi connectivity index (χ1v) is 9.23. The molecule has 0 aliphatic carbocycles. The van der Waals surface area contributed by atoms with E-state index in [0.29, 0.717) is 13.2 Å². The smallest absolute Gasteiger partial charge is 0.149 e. The van der Waals surface area contributed by atoms with E-state index in [1.165, 1.54) is 5.57 Å². The van der Waals surface area contributed by atoms with Gasteiger partial charge in [-0.1, -0.05) is 34.6 Å². The molecule has 24 heavy (non-hydrogen) atoms. The topological polar surface area (TPSA) is 38.7 Å². The molecule has 0 fully saturated rings. The fraction of sp³-hybridized carbons (Fsp3) is 0.500. The Labute approximate surface area is 147 Å². The molecule has 1 aliphatic rings. The molecule has 0 atom stereocenters. The van der Waals surface area contributed by atoms with Crippen LogP contribution in [0.15, 0.2) is 23.8 Å². The molecule has 1 aromatic heterocycles. The monoisotopic (exact) mass is 346 g/mol. The zero-order valence-corrected chi connectivity index (χ0v) is 16.1. The highest BCUT2D eigenvalue weighted by Gasteiger charge is 2.42. The van der Waals surface area contributed by atoms with E-state index in [9.17, 15) is 5.11 Å². The van der Waals surface area contributed by atoms with E-state index in [1.54, 1.807) is 23.5 Å². The first-order chi connectivity index (χ1) is 11.1. The third-order valence-corrected chi connectivity index (χ3v) is 5.50. The summed E-state index contributed by atoms with van der Waals surface area (Å²) in [7, 11) is 0. The highest BCUT2D eigenvalue weighted by atomic mass is 32.1. The van der Waals surface area contributed by atoms with Crippen molar-refractivity contribution in [3.8, 4) is 11.5 Å². The standard InChI is InChI=1S/C20H26O3S/c1-7-22-15-13-10-12(21)8-9-14(13)24-17(15)16-18(19(2,3)4)20(5,6)11-23-16/h8-10,21H,7,11H2,1-6H3. The van der Waals surface area contributed by atoms with E-state index in [2.05, 4.69) is 34.6 Å². The van der Waals surface area contributed by atoms with Crippen molar-refractivity contribution in [3.05, 3.63) is 28.6 Å². The van der Waals surface area contributed by atoms with Gasteiger partial charge in [0.25, 0.3) is 0 Å². The van der Waals surface area contributed by atoms with Gasteiger partial charge < -0.3 is 14.6 Å². The number of benzene rings is 1. The first-order valence-electron chi connectivity index (χ1n) is 8.42. The van der Waals surface area contributed by atoms with Crippen molar-refractivity contribution < 1.29 is 14.6 Å². The van der Waals surface area contributed by atoms with Crippen molar-refractivity contribution >= 4 is 27.2 Å². The summed E-state index contributed by atoms with van der Waals surface area (Å²) in [6.45, 7) is 14.4. The Bertz CT molecular complexity index is 806. The average Bonchev–Trinajstić information content (AvgIpc) is 2.96. The predicted molar refractivity (Wildman–Crippen MR) is 101 cm³/mol. The number of thiophene rings is 1. The molecule has 4 heteroatoms. The summed E-state index contributed by atoms with van der Waals surface area (Å²) in [5.41, 5.74) is 1.33. The molecule has 130 valence electrons. The lowest BCUT2D eigenvalue weighted by molar-refractivity contribution is 0.213. The Morgan fingerprint density at radius 1 is 1.29 bits per heavy atom. The molecule has 2 aromatic rings. The summed E-state index contributed by atoms with van der Waals surface area (Å²) < 4.78 is 13.3. The first kappa shape index (κ1) is 17.2. The third-order valence-electron chi connectivity index (χ3n) is 4.35. The molecule has 0 bridgehead atoms. The minimum absolute atomic E-state index is 0.00458. The van der Waals surface area contributed by atoms with Crippen LogP contribution in [0.2, 0.25) is 0 Å². The zero-order chi connectivity index (χ0) is 17.7. The largest absolute Gasteiger partial charge is 0.508 e. The molecule has 3 nitrogen and oxygen atoms in total. The number of ether oxygens (including phenoxy) is 2. The van der Waals surface area contributed by atoms with Gasteiger partial charge in [0, 0.05) is 15.5 Å². The third kappa shape index (κ3) is 2.77. The van der Waals surface area contributed by atoms with Gasteiger partial charge >= 0.3 is 0 Å². The Kier molecular flexibility index (Phi) is 4.07. The Hall–Kier alpha value is -1.68.